The zero-order chi connectivity index (χ0) is 11.7. The summed E-state index contributed by atoms with van der Waals surface area (Å²) < 4.78 is 4.59. The van der Waals surface area contributed by atoms with Crippen LogP contribution in [-0.2, 0) is 14.3 Å². The lowest BCUT2D eigenvalue weighted by Gasteiger charge is -2.38. The van der Waals surface area contributed by atoms with Gasteiger partial charge in [0.15, 0.2) is 0 Å². The molecule has 0 aromatic heterocycles. The van der Waals surface area contributed by atoms with Crippen molar-refractivity contribution in [1.82, 2.24) is 10.2 Å². The van der Waals surface area contributed by atoms with Crippen LogP contribution in [0.1, 0.15) is 6.42 Å². The van der Waals surface area contributed by atoms with Gasteiger partial charge in [-0.15, -0.1) is 0 Å². The van der Waals surface area contributed by atoms with E-state index in [1.54, 1.807) is 6.08 Å². The zero-order valence-electron chi connectivity index (χ0n) is 9.53. The molecule has 1 amide bonds. The molecule has 2 rings (SSSR count). The van der Waals surface area contributed by atoms with Crippen molar-refractivity contribution in [3.63, 3.8) is 0 Å². The number of amides is 1. The monoisotopic (exact) mass is 224 g/mol. The third kappa shape index (κ3) is 1.95. The fraction of sp³-hybridized carbons (Fsp3) is 0.636. The molecule has 2 heterocycles. The van der Waals surface area contributed by atoms with Gasteiger partial charge >= 0.3 is 5.97 Å². The predicted molar refractivity (Wildman–Crippen MR) is 57.6 cm³/mol. The zero-order valence-corrected chi connectivity index (χ0v) is 9.53. The number of hydrogen-bond donors (Lipinski definition) is 1. The molecular weight excluding hydrogens is 208 g/mol. The predicted octanol–water partition coefficient (Wildman–Crippen LogP) is -0.464. The fourth-order valence-corrected chi connectivity index (χ4v) is 2.31. The Morgan fingerprint density at radius 3 is 3.06 bits per heavy atom. The topological polar surface area (TPSA) is 58.6 Å². The molecule has 0 aliphatic carbocycles. The first kappa shape index (κ1) is 11.1. The average molecular weight is 224 g/mol. The molecule has 2 atom stereocenters. The number of fused-ring (bicyclic) bond motifs is 1. The van der Waals surface area contributed by atoms with Crippen LogP contribution in [0.5, 0.6) is 0 Å². The van der Waals surface area contributed by atoms with E-state index in [1.807, 2.05) is 7.05 Å². The average Bonchev–Trinajstić information content (AvgIpc) is 2.28. The van der Waals surface area contributed by atoms with E-state index in [9.17, 15) is 9.59 Å². The summed E-state index contributed by atoms with van der Waals surface area (Å²) in [4.78, 5) is 25.2. The molecule has 5 heteroatoms. The van der Waals surface area contributed by atoms with Gasteiger partial charge in [-0.05, 0) is 20.0 Å². The molecule has 1 N–H and O–H groups in total. The van der Waals surface area contributed by atoms with Crippen LogP contribution >= 0.6 is 0 Å². The van der Waals surface area contributed by atoms with Crippen molar-refractivity contribution in [3.8, 4) is 0 Å². The summed E-state index contributed by atoms with van der Waals surface area (Å²) in [6.07, 6.45) is 2.68. The Bertz CT molecular complexity index is 351. The molecule has 1 saturated heterocycles. The van der Waals surface area contributed by atoms with Crippen LogP contribution in [0.15, 0.2) is 11.6 Å². The van der Waals surface area contributed by atoms with Crippen molar-refractivity contribution in [2.75, 3.05) is 27.2 Å². The third-order valence-corrected chi connectivity index (χ3v) is 3.21. The van der Waals surface area contributed by atoms with Gasteiger partial charge in [0.05, 0.1) is 7.11 Å². The van der Waals surface area contributed by atoms with E-state index in [-0.39, 0.29) is 23.4 Å². The maximum absolute atomic E-state index is 11.6. The Morgan fingerprint density at radius 1 is 1.62 bits per heavy atom. The number of esters is 1. The summed E-state index contributed by atoms with van der Waals surface area (Å²) in [5, 5.41) is 2.87. The number of ether oxygens (including phenoxy) is 1. The molecule has 2 aliphatic heterocycles. The Hall–Kier alpha value is -1.36. The molecule has 16 heavy (non-hydrogen) atoms. The molecule has 0 spiro atoms. The third-order valence-electron chi connectivity index (χ3n) is 3.21. The number of likely N-dealkylation sites (tertiary alicyclic amines) is 1. The van der Waals surface area contributed by atoms with Crippen molar-refractivity contribution < 1.29 is 14.3 Å². The van der Waals surface area contributed by atoms with Crippen molar-refractivity contribution in [2.24, 2.45) is 5.92 Å². The Labute approximate surface area is 94.4 Å². The SMILES string of the molecule is COC(=O)C1=CC2CN(C)CCC2NC1=O. The summed E-state index contributed by atoms with van der Waals surface area (Å²) in [5.74, 6) is -0.646. The maximum atomic E-state index is 11.6. The molecule has 0 bridgehead atoms. The van der Waals surface area contributed by atoms with Crippen LogP contribution in [0, 0.1) is 5.92 Å². The Balaban J connectivity index is 2.20. The molecule has 2 aliphatic rings. The molecule has 0 aromatic carbocycles. The normalized spacial score (nSPS) is 30.1. The van der Waals surface area contributed by atoms with Crippen LogP contribution in [-0.4, -0.2) is 50.1 Å². The summed E-state index contributed by atoms with van der Waals surface area (Å²) in [7, 11) is 3.33. The summed E-state index contributed by atoms with van der Waals surface area (Å²) >= 11 is 0. The van der Waals surface area contributed by atoms with E-state index in [2.05, 4.69) is 15.0 Å². The van der Waals surface area contributed by atoms with Crippen LogP contribution in [0.2, 0.25) is 0 Å². The summed E-state index contributed by atoms with van der Waals surface area (Å²) in [6, 6.07) is 0.164. The minimum atomic E-state index is -0.552. The Morgan fingerprint density at radius 2 is 2.38 bits per heavy atom. The van der Waals surface area contributed by atoms with Crippen LogP contribution in [0.4, 0.5) is 0 Å². The van der Waals surface area contributed by atoms with Crippen molar-refractivity contribution in [1.29, 1.82) is 0 Å². The summed E-state index contributed by atoms with van der Waals surface area (Å²) in [5.41, 5.74) is 0.138. The minimum Gasteiger partial charge on any atom is -0.465 e. The van der Waals surface area contributed by atoms with Crippen molar-refractivity contribution in [3.05, 3.63) is 11.6 Å². The second kappa shape index (κ2) is 4.25. The lowest BCUT2D eigenvalue weighted by molar-refractivity contribution is -0.138. The number of carbonyl (C=O) groups is 2. The van der Waals surface area contributed by atoms with Crippen LogP contribution in [0.25, 0.3) is 0 Å². The number of piperidine rings is 1. The van der Waals surface area contributed by atoms with Gasteiger partial charge in [0.25, 0.3) is 5.91 Å². The van der Waals surface area contributed by atoms with Gasteiger partial charge in [-0.2, -0.15) is 0 Å². The van der Waals surface area contributed by atoms with Crippen LogP contribution < -0.4 is 5.32 Å². The lowest BCUT2D eigenvalue weighted by Crippen LogP contribution is -2.53. The second-order valence-corrected chi connectivity index (χ2v) is 4.37. The van der Waals surface area contributed by atoms with Crippen molar-refractivity contribution >= 4 is 11.9 Å². The number of nitrogens with one attached hydrogen (secondary N) is 1. The first-order chi connectivity index (χ1) is 7.61. The number of hydrogen-bond acceptors (Lipinski definition) is 4. The molecule has 0 saturated carbocycles. The molecule has 2 unspecified atom stereocenters. The maximum Gasteiger partial charge on any atom is 0.343 e. The van der Waals surface area contributed by atoms with Crippen LogP contribution in [0.3, 0.4) is 0 Å². The van der Waals surface area contributed by atoms with Gasteiger partial charge in [0, 0.05) is 18.5 Å². The largest absolute Gasteiger partial charge is 0.465 e. The highest BCUT2D eigenvalue weighted by Gasteiger charge is 2.35. The van der Waals surface area contributed by atoms with Gasteiger partial charge in [0.1, 0.15) is 5.57 Å². The standard InChI is InChI=1S/C11H16N2O3/c1-13-4-3-9-7(6-13)5-8(10(14)12-9)11(15)16-2/h5,7,9H,3-4,6H2,1-2H3,(H,12,14). The van der Waals surface area contributed by atoms with Gasteiger partial charge < -0.3 is 15.0 Å². The highest BCUT2D eigenvalue weighted by molar-refractivity contribution is 6.16. The molecule has 0 aromatic rings. The quantitative estimate of drug-likeness (QED) is 0.483. The van der Waals surface area contributed by atoms with Crippen molar-refractivity contribution in [2.45, 2.75) is 12.5 Å². The number of nitrogens with zero attached hydrogens (tertiary/aromatic N) is 1. The second-order valence-electron chi connectivity index (χ2n) is 4.37. The fourth-order valence-electron chi connectivity index (χ4n) is 2.31. The highest BCUT2D eigenvalue weighted by Crippen LogP contribution is 2.23. The Kier molecular flexibility index (Phi) is 2.96. The minimum absolute atomic E-state index is 0.138. The highest BCUT2D eigenvalue weighted by atomic mass is 16.5. The van der Waals surface area contributed by atoms with Gasteiger partial charge in [-0.1, -0.05) is 6.08 Å². The van der Waals surface area contributed by atoms with Gasteiger partial charge in [-0.3, -0.25) is 4.79 Å². The van der Waals surface area contributed by atoms with E-state index in [1.165, 1.54) is 7.11 Å². The van der Waals surface area contributed by atoms with Gasteiger partial charge in [-0.25, -0.2) is 4.79 Å². The smallest absolute Gasteiger partial charge is 0.343 e. The van der Waals surface area contributed by atoms with E-state index >= 15 is 0 Å². The first-order valence-corrected chi connectivity index (χ1v) is 5.41. The first-order valence-electron chi connectivity index (χ1n) is 5.41. The molecular formula is C11H16N2O3. The number of rotatable bonds is 1. The van der Waals surface area contributed by atoms with E-state index in [4.69, 9.17) is 0 Å². The molecule has 88 valence electrons. The van der Waals surface area contributed by atoms with E-state index in [0.717, 1.165) is 19.5 Å². The molecule has 5 nitrogen and oxygen atoms in total. The van der Waals surface area contributed by atoms with E-state index < -0.39 is 5.97 Å². The van der Waals surface area contributed by atoms with E-state index in [0.29, 0.717) is 0 Å². The molecule has 1 fully saturated rings. The summed E-state index contributed by atoms with van der Waals surface area (Å²) in [6.45, 7) is 1.84. The lowest BCUT2D eigenvalue weighted by atomic mass is 9.87. The van der Waals surface area contributed by atoms with Gasteiger partial charge in [0.2, 0.25) is 0 Å². The number of methoxy groups -OCH3 is 1. The number of carbonyl (C=O) groups excluding carboxylic acids is 2. The molecule has 0 radical (unpaired) electrons.